The molecule has 2 rings (SSSR count). The van der Waals surface area contributed by atoms with E-state index in [9.17, 15) is 14.3 Å². The number of aliphatic hydroxyl groups excluding tert-OH is 1. The monoisotopic (exact) mass is 299 g/mol. The molecule has 2 atom stereocenters. The quantitative estimate of drug-likeness (QED) is 0.898. The Balaban J connectivity index is 1.92. The summed E-state index contributed by atoms with van der Waals surface area (Å²) in [6, 6.07) is 4.02. The van der Waals surface area contributed by atoms with Crippen molar-refractivity contribution < 1.29 is 14.3 Å². The van der Waals surface area contributed by atoms with Crippen molar-refractivity contribution in [3.63, 3.8) is 0 Å². The van der Waals surface area contributed by atoms with Gasteiger partial charge in [-0.15, -0.1) is 0 Å². The molecule has 1 aromatic carbocycles. The molecule has 0 radical (unpaired) electrons. The van der Waals surface area contributed by atoms with Crippen LogP contribution in [0, 0.1) is 17.7 Å². The van der Waals surface area contributed by atoms with Gasteiger partial charge in [0.05, 0.1) is 5.02 Å². The summed E-state index contributed by atoms with van der Waals surface area (Å²) in [7, 11) is 0. The predicted molar refractivity (Wildman–Crippen MR) is 76.3 cm³/mol. The summed E-state index contributed by atoms with van der Waals surface area (Å²) >= 11 is 5.59. The average Bonchev–Trinajstić information content (AvgIpc) is 2.47. The Kier molecular flexibility index (Phi) is 5.38. The van der Waals surface area contributed by atoms with Crippen molar-refractivity contribution in [1.29, 1.82) is 0 Å². The lowest BCUT2D eigenvalue weighted by Crippen LogP contribution is -2.35. The molecule has 0 aromatic heterocycles. The van der Waals surface area contributed by atoms with Crippen LogP contribution in [0.5, 0.6) is 0 Å². The summed E-state index contributed by atoms with van der Waals surface area (Å²) < 4.78 is 13.3. The smallest absolute Gasteiger partial charge is 0.251 e. The van der Waals surface area contributed by atoms with Gasteiger partial charge in [0.2, 0.25) is 0 Å². The summed E-state index contributed by atoms with van der Waals surface area (Å²) in [5.74, 6) is -0.339. The molecule has 1 aromatic rings. The SMILES string of the molecule is O=C(NCC1CCCCC1CO)c1ccc(Cl)c(F)c1. The number of aliphatic hydroxyl groups is 1. The second kappa shape index (κ2) is 7.04. The van der Waals surface area contributed by atoms with E-state index in [0.717, 1.165) is 31.7 Å². The van der Waals surface area contributed by atoms with Crippen LogP contribution in [0.4, 0.5) is 4.39 Å². The zero-order valence-corrected chi connectivity index (χ0v) is 12.0. The molecule has 1 saturated carbocycles. The van der Waals surface area contributed by atoms with Crippen LogP contribution in [0.3, 0.4) is 0 Å². The lowest BCUT2D eigenvalue weighted by atomic mass is 9.79. The maximum atomic E-state index is 13.3. The van der Waals surface area contributed by atoms with Crippen molar-refractivity contribution in [1.82, 2.24) is 5.32 Å². The zero-order chi connectivity index (χ0) is 14.5. The van der Waals surface area contributed by atoms with Crippen LogP contribution in [0.25, 0.3) is 0 Å². The first-order chi connectivity index (χ1) is 9.61. The third-order valence-electron chi connectivity index (χ3n) is 4.01. The highest BCUT2D eigenvalue weighted by atomic mass is 35.5. The minimum Gasteiger partial charge on any atom is -0.396 e. The topological polar surface area (TPSA) is 49.3 Å². The van der Waals surface area contributed by atoms with E-state index in [1.54, 1.807) is 0 Å². The van der Waals surface area contributed by atoms with Gasteiger partial charge in [0.15, 0.2) is 0 Å². The van der Waals surface area contributed by atoms with Gasteiger partial charge in [-0.25, -0.2) is 4.39 Å². The Hall–Kier alpha value is -1.13. The fourth-order valence-electron chi connectivity index (χ4n) is 2.76. The largest absolute Gasteiger partial charge is 0.396 e. The molecule has 0 heterocycles. The summed E-state index contributed by atoms with van der Waals surface area (Å²) in [5.41, 5.74) is 0.267. The highest BCUT2D eigenvalue weighted by molar-refractivity contribution is 6.30. The number of hydrogen-bond acceptors (Lipinski definition) is 2. The number of benzene rings is 1. The molecule has 0 aliphatic heterocycles. The standard InChI is InChI=1S/C15H19ClFNO2/c16-13-6-5-10(7-14(13)17)15(20)18-8-11-3-1-2-4-12(11)9-19/h5-7,11-12,19H,1-4,8-9H2,(H,18,20). The van der Waals surface area contributed by atoms with Crippen molar-refractivity contribution in [3.8, 4) is 0 Å². The third kappa shape index (κ3) is 3.70. The van der Waals surface area contributed by atoms with E-state index in [4.69, 9.17) is 11.6 Å². The molecule has 1 aliphatic rings. The summed E-state index contributed by atoms with van der Waals surface area (Å²) in [5, 5.41) is 12.2. The molecule has 0 spiro atoms. The Morgan fingerprint density at radius 1 is 1.35 bits per heavy atom. The molecular weight excluding hydrogens is 281 g/mol. The number of halogens is 2. The van der Waals surface area contributed by atoms with Gasteiger partial charge in [-0.3, -0.25) is 4.79 Å². The van der Waals surface area contributed by atoms with Crippen molar-refractivity contribution in [3.05, 3.63) is 34.6 Å². The molecule has 20 heavy (non-hydrogen) atoms. The van der Waals surface area contributed by atoms with E-state index in [-0.39, 0.29) is 29.0 Å². The molecule has 110 valence electrons. The van der Waals surface area contributed by atoms with Crippen LogP contribution < -0.4 is 5.32 Å². The first-order valence-corrected chi connectivity index (χ1v) is 7.33. The van der Waals surface area contributed by atoms with Crippen LogP contribution in [0.15, 0.2) is 18.2 Å². The summed E-state index contributed by atoms with van der Waals surface area (Å²) in [6.45, 7) is 0.685. The highest BCUT2D eigenvalue weighted by Crippen LogP contribution is 2.29. The van der Waals surface area contributed by atoms with Gasteiger partial charge in [-0.1, -0.05) is 24.4 Å². The van der Waals surface area contributed by atoms with Crippen molar-refractivity contribution in [2.24, 2.45) is 11.8 Å². The number of amides is 1. The second-order valence-corrected chi connectivity index (χ2v) is 5.73. The van der Waals surface area contributed by atoms with Crippen LogP contribution >= 0.6 is 11.6 Å². The molecule has 1 amide bonds. The van der Waals surface area contributed by atoms with Gasteiger partial charge < -0.3 is 10.4 Å². The van der Waals surface area contributed by atoms with Crippen LogP contribution in [0.1, 0.15) is 36.0 Å². The Morgan fingerprint density at radius 3 is 2.70 bits per heavy atom. The van der Waals surface area contributed by atoms with E-state index >= 15 is 0 Å². The number of hydrogen-bond donors (Lipinski definition) is 2. The van der Waals surface area contributed by atoms with Crippen molar-refractivity contribution in [2.45, 2.75) is 25.7 Å². The molecule has 5 heteroatoms. The maximum absolute atomic E-state index is 13.3. The Morgan fingerprint density at radius 2 is 2.05 bits per heavy atom. The fraction of sp³-hybridized carbons (Fsp3) is 0.533. The lowest BCUT2D eigenvalue weighted by Gasteiger charge is -2.30. The summed E-state index contributed by atoms with van der Waals surface area (Å²) in [6.07, 6.45) is 4.29. The highest BCUT2D eigenvalue weighted by Gasteiger charge is 2.24. The zero-order valence-electron chi connectivity index (χ0n) is 11.2. The van der Waals surface area contributed by atoms with Crippen LogP contribution in [0.2, 0.25) is 5.02 Å². The van der Waals surface area contributed by atoms with Gasteiger partial charge in [-0.2, -0.15) is 0 Å². The van der Waals surface area contributed by atoms with E-state index < -0.39 is 5.82 Å². The van der Waals surface area contributed by atoms with Crippen molar-refractivity contribution >= 4 is 17.5 Å². The molecule has 1 aliphatic carbocycles. The molecule has 2 unspecified atom stereocenters. The van der Waals surface area contributed by atoms with Gasteiger partial charge in [0.25, 0.3) is 5.91 Å². The minimum absolute atomic E-state index is 0.00850. The number of rotatable bonds is 4. The van der Waals surface area contributed by atoms with Gasteiger partial charge in [-0.05, 0) is 42.9 Å². The lowest BCUT2D eigenvalue weighted by molar-refractivity contribution is 0.0909. The average molecular weight is 300 g/mol. The second-order valence-electron chi connectivity index (χ2n) is 5.33. The minimum atomic E-state index is -0.592. The van der Waals surface area contributed by atoms with Gasteiger partial charge in [0, 0.05) is 18.7 Å². The fourth-order valence-corrected chi connectivity index (χ4v) is 2.87. The number of carbonyl (C=O) groups is 1. The predicted octanol–water partition coefficient (Wildman–Crippen LogP) is 3.01. The molecule has 3 nitrogen and oxygen atoms in total. The third-order valence-corrected chi connectivity index (χ3v) is 4.31. The molecule has 1 fully saturated rings. The molecule has 0 bridgehead atoms. The van der Waals surface area contributed by atoms with E-state index in [1.807, 2.05) is 0 Å². The Bertz CT molecular complexity index is 481. The van der Waals surface area contributed by atoms with E-state index in [1.165, 1.54) is 12.1 Å². The normalized spacial score (nSPS) is 22.6. The van der Waals surface area contributed by atoms with Gasteiger partial charge >= 0.3 is 0 Å². The maximum Gasteiger partial charge on any atom is 0.251 e. The van der Waals surface area contributed by atoms with Crippen LogP contribution in [-0.2, 0) is 0 Å². The number of nitrogens with one attached hydrogen (secondary N) is 1. The van der Waals surface area contributed by atoms with Crippen LogP contribution in [-0.4, -0.2) is 24.2 Å². The van der Waals surface area contributed by atoms with E-state index in [2.05, 4.69) is 5.32 Å². The first-order valence-electron chi connectivity index (χ1n) is 6.96. The summed E-state index contributed by atoms with van der Waals surface area (Å²) in [4.78, 5) is 12.0. The van der Waals surface area contributed by atoms with Gasteiger partial charge in [0.1, 0.15) is 5.82 Å². The molecule has 0 saturated heterocycles. The molecule has 2 N–H and O–H groups in total. The Labute approximate surface area is 123 Å². The number of carbonyl (C=O) groups excluding carboxylic acids is 1. The van der Waals surface area contributed by atoms with E-state index in [0.29, 0.717) is 12.5 Å². The van der Waals surface area contributed by atoms with Crippen molar-refractivity contribution in [2.75, 3.05) is 13.2 Å². The first kappa shape index (κ1) is 15.3. The molecular formula is C15H19ClFNO2.